The van der Waals surface area contributed by atoms with Gasteiger partial charge < -0.3 is 0 Å². The van der Waals surface area contributed by atoms with E-state index in [9.17, 15) is 0 Å². The second kappa shape index (κ2) is 5.84. The quantitative estimate of drug-likeness (QED) is 0.487. The summed E-state index contributed by atoms with van der Waals surface area (Å²) >= 11 is 0. The predicted octanol–water partition coefficient (Wildman–Crippen LogP) is 3.26. The average molecular weight is 260 g/mol. The molecule has 1 aromatic carbocycles. The zero-order valence-corrected chi connectivity index (χ0v) is 10.7. The van der Waals surface area contributed by atoms with Crippen molar-refractivity contribution in [2.24, 2.45) is 0 Å². The van der Waals surface area contributed by atoms with Crippen molar-refractivity contribution >= 4 is 21.9 Å². The highest BCUT2D eigenvalue weighted by Crippen LogP contribution is 2.06. The van der Waals surface area contributed by atoms with Crippen LogP contribution in [0.25, 0.3) is 21.9 Å². The fourth-order valence-electron chi connectivity index (χ4n) is 1.84. The van der Waals surface area contributed by atoms with Crippen molar-refractivity contribution in [1.29, 1.82) is 0 Å². The summed E-state index contributed by atoms with van der Waals surface area (Å²) in [5.74, 6) is 0. The molecule has 4 nitrogen and oxygen atoms in total. The lowest BCUT2D eigenvalue weighted by molar-refractivity contribution is 1.08. The molecule has 0 unspecified atom stereocenters. The van der Waals surface area contributed by atoms with E-state index >= 15 is 0 Å². The van der Waals surface area contributed by atoms with Gasteiger partial charge in [-0.25, -0.2) is 9.97 Å². The number of nitrogens with zero attached hydrogens (tertiary/aromatic N) is 4. The van der Waals surface area contributed by atoms with Crippen LogP contribution in [0.3, 0.4) is 0 Å². The Labute approximate surface area is 116 Å². The molecule has 0 aliphatic rings. The van der Waals surface area contributed by atoms with Gasteiger partial charge in [0.15, 0.2) is 5.65 Å². The first kappa shape index (κ1) is 12.2. The topological polar surface area (TPSA) is 51.6 Å². The summed E-state index contributed by atoms with van der Waals surface area (Å²) in [6.45, 7) is 0. The van der Waals surface area contributed by atoms with Crippen LogP contribution in [0.15, 0.2) is 73.2 Å². The van der Waals surface area contributed by atoms with Crippen LogP contribution < -0.4 is 0 Å². The molecule has 0 aliphatic heterocycles. The van der Waals surface area contributed by atoms with E-state index < -0.39 is 0 Å². The van der Waals surface area contributed by atoms with Crippen LogP contribution in [0.1, 0.15) is 0 Å². The van der Waals surface area contributed by atoms with Crippen molar-refractivity contribution in [3.05, 3.63) is 73.2 Å². The van der Waals surface area contributed by atoms with Gasteiger partial charge in [0.05, 0.1) is 11.7 Å². The monoisotopic (exact) mass is 260 g/mol. The van der Waals surface area contributed by atoms with Gasteiger partial charge in [-0.2, -0.15) is 10.2 Å². The second-order valence-electron chi connectivity index (χ2n) is 4.14. The smallest absolute Gasteiger partial charge is 0.159 e. The lowest BCUT2D eigenvalue weighted by Gasteiger charge is -1.90. The molecular formula is C16H12N4. The molecule has 4 heteroatoms. The third-order valence-corrected chi connectivity index (χ3v) is 2.80. The van der Waals surface area contributed by atoms with Gasteiger partial charge >= 0.3 is 0 Å². The Morgan fingerprint density at radius 1 is 0.600 bits per heavy atom. The van der Waals surface area contributed by atoms with Crippen molar-refractivity contribution in [2.75, 3.05) is 0 Å². The molecule has 3 heterocycles. The highest BCUT2D eigenvalue weighted by Gasteiger charge is 1.88. The van der Waals surface area contributed by atoms with E-state index in [1.807, 2.05) is 54.6 Å². The molecule has 0 bridgehead atoms. The summed E-state index contributed by atoms with van der Waals surface area (Å²) in [7, 11) is 0. The first-order valence-electron chi connectivity index (χ1n) is 6.26. The summed E-state index contributed by atoms with van der Waals surface area (Å²) in [4.78, 5) is 8.14. The molecule has 0 aliphatic carbocycles. The molecule has 0 radical (unpaired) electrons. The Kier molecular flexibility index (Phi) is 3.55. The molecule has 0 amide bonds. The fourth-order valence-corrected chi connectivity index (χ4v) is 1.84. The Hall–Kier alpha value is -2.88. The van der Waals surface area contributed by atoms with Gasteiger partial charge in [-0.3, -0.25) is 0 Å². The Bertz CT molecular complexity index is 628. The van der Waals surface area contributed by atoms with Crippen molar-refractivity contribution in [2.45, 2.75) is 0 Å². The Morgan fingerprint density at radius 3 is 2.00 bits per heavy atom. The number of hydrogen-bond donors (Lipinski definition) is 0. The van der Waals surface area contributed by atoms with Crippen LogP contribution in [-0.4, -0.2) is 20.2 Å². The van der Waals surface area contributed by atoms with Gasteiger partial charge in [-0.1, -0.05) is 18.2 Å². The van der Waals surface area contributed by atoms with Gasteiger partial charge in [0.25, 0.3) is 0 Å². The van der Waals surface area contributed by atoms with E-state index in [0.29, 0.717) is 0 Å². The maximum atomic E-state index is 4.07. The maximum Gasteiger partial charge on any atom is 0.159 e. The highest BCUT2D eigenvalue weighted by atomic mass is 15.1. The third kappa shape index (κ3) is 2.75. The molecule has 96 valence electrons. The van der Waals surface area contributed by atoms with E-state index in [1.54, 1.807) is 18.6 Å². The van der Waals surface area contributed by atoms with Crippen LogP contribution in [0.5, 0.6) is 0 Å². The summed E-state index contributed by atoms with van der Waals surface area (Å²) < 4.78 is 0. The van der Waals surface area contributed by atoms with Gasteiger partial charge in [-0.05, 0) is 36.4 Å². The zero-order chi connectivity index (χ0) is 13.6. The van der Waals surface area contributed by atoms with E-state index in [2.05, 4.69) is 20.2 Å². The highest BCUT2D eigenvalue weighted by molar-refractivity contribution is 5.77. The number of benzene rings is 1. The van der Waals surface area contributed by atoms with Gasteiger partial charge in [-0.15, -0.1) is 0 Å². The lowest BCUT2D eigenvalue weighted by atomic mass is 10.2. The van der Waals surface area contributed by atoms with Crippen LogP contribution in [0.2, 0.25) is 0 Å². The molecule has 0 N–H and O–H groups in total. The van der Waals surface area contributed by atoms with Crippen LogP contribution in [0, 0.1) is 0 Å². The van der Waals surface area contributed by atoms with Crippen LogP contribution in [0.4, 0.5) is 0 Å². The number of rotatable bonds is 0. The number of aromatic nitrogens is 4. The van der Waals surface area contributed by atoms with Crippen molar-refractivity contribution < 1.29 is 0 Å². The van der Waals surface area contributed by atoms with E-state index in [4.69, 9.17) is 0 Å². The molecular weight excluding hydrogens is 248 g/mol. The first-order chi connectivity index (χ1) is 9.93. The molecule has 0 spiro atoms. The molecule has 0 fully saturated rings. The van der Waals surface area contributed by atoms with Gasteiger partial charge in [0, 0.05) is 23.2 Å². The average Bonchev–Trinajstić information content (AvgIpc) is 2.56. The molecule has 4 rings (SSSR count). The number of fused-ring (bicyclic) bond motifs is 2. The van der Waals surface area contributed by atoms with Crippen molar-refractivity contribution in [3.63, 3.8) is 0 Å². The van der Waals surface area contributed by atoms with Gasteiger partial charge in [0.1, 0.15) is 0 Å². The predicted molar refractivity (Wildman–Crippen MR) is 79.1 cm³/mol. The second-order valence-corrected chi connectivity index (χ2v) is 4.14. The number of hydrogen-bond acceptors (Lipinski definition) is 4. The summed E-state index contributed by atoms with van der Waals surface area (Å²) in [5.41, 5.74) is 1.76. The molecule has 0 atom stereocenters. The minimum Gasteiger partial charge on any atom is -0.237 e. The molecule has 3 aromatic heterocycles. The minimum atomic E-state index is 0.810. The van der Waals surface area contributed by atoms with Crippen molar-refractivity contribution in [1.82, 2.24) is 20.2 Å². The molecule has 20 heavy (non-hydrogen) atoms. The largest absolute Gasteiger partial charge is 0.237 e. The van der Waals surface area contributed by atoms with Gasteiger partial charge in [0.2, 0.25) is 0 Å². The zero-order valence-electron chi connectivity index (χ0n) is 10.7. The summed E-state index contributed by atoms with van der Waals surface area (Å²) in [6.07, 6.45) is 5.19. The van der Waals surface area contributed by atoms with Crippen LogP contribution in [-0.2, 0) is 0 Å². The SMILES string of the molecule is c1ccc2nnccc2c1.c1cnc2ncccc2c1. The lowest BCUT2D eigenvalue weighted by Crippen LogP contribution is -1.79. The van der Waals surface area contributed by atoms with Crippen LogP contribution >= 0.6 is 0 Å². The summed E-state index contributed by atoms with van der Waals surface area (Å²) in [6, 6.07) is 17.7. The Balaban J connectivity index is 0.000000121. The number of pyridine rings is 2. The normalized spacial score (nSPS) is 10.0. The maximum absolute atomic E-state index is 4.07. The fraction of sp³-hybridized carbons (Fsp3) is 0. The summed E-state index contributed by atoms with van der Waals surface area (Å²) in [5, 5.41) is 9.92. The molecule has 0 saturated heterocycles. The van der Waals surface area contributed by atoms with Crippen molar-refractivity contribution in [3.8, 4) is 0 Å². The first-order valence-corrected chi connectivity index (χ1v) is 6.26. The minimum absolute atomic E-state index is 0.810. The van der Waals surface area contributed by atoms with E-state index in [1.165, 1.54) is 0 Å². The molecule has 4 aromatic rings. The Morgan fingerprint density at radius 2 is 1.30 bits per heavy atom. The molecule has 0 saturated carbocycles. The van der Waals surface area contributed by atoms with E-state index in [-0.39, 0.29) is 0 Å². The standard InChI is InChI=1S/2C8H6N2/c1-3-7-4-2-6-10-8(7)9-5-1;1-2-4-8-7(3-1)5-6-9-10-8/h2*1-6H. The van der Waals surface area contributed by atoms with E-state index in [0.717, 1.165) is 21.9 Å². The third-order valence-electron chi connectivity index (χ3n) is 2.80.